The highest BCUT2D eigenvalue weighted by Crippen LogP contribution is 2.28. The van der Waals surface area contributed by atoms with Gasteiger partial charge in [-0.15, -0.1) is 0 Å². The summed E-state index contributed by atoms with van der Waals surface area (Å²) >= 11 is 0. The van der Waals surface area contributed by atoms with Crippen molar-refractivity contribution in [2.75, 3.05) is 6.54 Å². The SMILES string of the molecule is CCCCCCCCCCC(=O)C(CC)(CC)CN. The van der Waals surface area contributed by atoms with Crippen LogP contribution in [0.15, 0.2) is 0 Å². The summed E-state index contributed by atoms with van der Waals surface area (Å²) in [6.07, 6.45) is 12.8. The molecule has 0 amide bonds. The predicted molar refractivity (Wildman–Crippen MR) is 84.3 cm³/mol. The average Bonchev–Trinajstić information content (AvgIpc) is 2.44. The molecule has 0 radical (unpaired) electrons. The Bertz CT molecular complexity index is 213. The third kappa shape index (κ3) is 7.10. The van der Waals surface area contributed by atoms with Crippen molar-refractivity contribution in [3.63, 3.8) is 0 Å². The molecule has 0 saturated heterocycles. The van der Waals surface area contributed by atoms with E-state index in [-0.39, 0.29) is 5.41 Å². The molecule has 0 unspecified atom stereocenters. The van der Waals surface area contributed by atoms with Crippen LogP contribution in [0.25, 0.3) is 0 Å². The second kappa shape index (κ2) is 11.5. The van der Waals surface area contributed by atoms with Crippen LogP contribution in [0.1, 0.15) is 91.4 Å². The number of hydrogen-bond donors (Lipinski definition) is 1. The standard InChI is InChI=1S/C17H35NO/c1-4-7-8-9-10-11-12-13-14-16(19)17(5-2,6-3)15-18/h4-15,18H2,1-3H3. The highest BCUT2D eigenvalue weighted by atomic mass is 16.1. The van der Waals surface area contributed by atoms with Crippen LogP contribution >= 0.6 is 0 Å². The van der Waals surface area contributed by atoms with Crippen molar-refractivity contribution in [3.05, 3.63) is 0 Å². The van der Waals surface area contributed by atoms with Gasteiger partial charge in [-0.2, -0.15) is 0 Å². The third-order valence-electron chi connectivity index (χ3n) is 4.59. The molecule has 0 spiro atoms. The molecule has 0 aliphatic carbocycles. The fraction of sp³-hybridized carbons (Fsp3) is 0.941. The molecular formula is C17H35NO. The summed E-state index contributed by atoms with van der Waals surface area (Å²) in [4.78, 5) is 12.3. The predicted octanol–water partition coefficient (Wildman–Crippen LogP) is 4.85. The second-order valence-electron chi connectivity index (χ2n) is 5.84. The van der Waals surface area contributed by atoms with Gasteiger partial charge in [0, 0.05) is 18.4 Å². The minimum Gasteiger partial charge on any atom is -0.329 e. The van der Waals surface area contributed by atoms with Gasteiger partial charge < -0.3 is 5.73 Å². The Morgan fingerprint density at radius 3 is 1.74 bits per heavy atom. The molecule has 114 valence electrons. The van der Waals surface area contributed by atoms with Crippen LogP contribution in [0.3, 0.4) is 0 Å². The molecule has 0 rings (SSSR count). The van der Waals surface area contributed by atoms with Crippen LogP contribution in [0.5, 0.6) is 0 Å². The lowest BCUT2D eigenvalue weighted by Gasteiger charge is -2.28. The molecule has 2 nitrogen and oxygen atoms in total. The van der Waals surface area contributed by atoms with Crippen molar-refractivity contribution in [1.29, 1.82) is 0 Å². The lowest BCUT2D eigenvalue weighted by molar-refractivity contribution is -0.128. The Morgan fingerprint density at radius 2 is 1.32 bits per heavy atom. The zero-order valence-electron chi connectivity index (χ0n) is 13.5. The molecule has 0 aromatic rings. The van der Waals surface area contributed by atoms with Gasteiger partial charge in [0.25, 0.3) is 0 Å². The first-order valence-corrected chi connectivity index (χ1v) is 8.40. The summed E-state index contributed by atoms with van der Waals surface area (Å²) in [6, 6.07) is 0. The third-order valence-corrected chi connectivity index (χ3v) is 4.59. The van der Waals surface area contributed by atoms with E-state index in [4.69, 9.17) is 5.73 Å². The fourth-order valence-electron chi connectivity index (χ4n) is 2.73. The number of rotatable bonds is 13. The molecule has 2 N–H and O–H groups in total. The zero-order valence-corrected chi connectivity index (χ0v) is 13.5. The second-order valence-corrected chi connectivity index (χ2v) is 5.84. The maximum Gasteiger partial charge on any atom is 0.140 e. The van der Waals surface area contributed by atoms with E-state index in [2.05, 4.69) is 20.8 Å². The highest BCUT2D eigenvalue weighted by Gasteiger charge is 2.31. The molecule has 0 bridgehead atoms. The molecular weight excluding hydrogens is 234 g/mol. The van der Waals surface area contributed by atoms with Gasteiger partial charge in [0.05, 0.1) is 0 Å². The molecule has 2 heteroatoms. The lowest BCUT2D eigenvalue weighted by atomic mass is 9.76. The summed E-state index contributed by atoms with van der Waals surface area (Å²) in [5.74, 6) is 0.394. The maximum atomic E-state index is 12.3. The van der Waals surface area contributed by atoms with Gasteiger partial charge in [-0.3, -0.25) is 4.79 Å². The smallest absolute Gasteiger partial charge is 0.140 e. The summed E-state index contributed by atoms with van der Waals surface area (Å²) in [5.41, 5.74) is 5.57. The number of unbranched alkanes of at least 4 members (excludes halogenated alkanes) is 7. The van der Waals surface area contributed by atoms with E-state index in [0.29, 0.717) is 12.3 Å². The van der Waals surface area contributed by atoms with Crippen molar-refractivity contribution in [1.82, 2.24) is 0 Å². The summed E-state index contributed by atoms with van der Waals surface area (Å²) in [7, 11) is 0. The van der Waals surface area contributed by atoms with Crippen LogP contribution in [-0.2, 0) is 4.79 Å². The van der Waals surface area contributed by atoms with Crippen molar-refractivity contribution >= 4 is 5.78 Å². The first kappa shape index (κ1) is 18.6. The van der Waals surface area contributed by atoms with Crippen LogP contribution < -0.4 is 5.73 Å². The van der Waals surface area contributed by atoms with Gasteiger partial charge >= 0.3 is 0 Å². The Balaban J connectivity index is 3.68. The van der Waals surface area contributed by atoms with Crippen molar-refractivity contribution < 1.29 is 4.79 Å². The van der Waals surface area contributed by atoms with E-state index in [0.717, 1.165) is 25.7 Å². The van der Waals surface area contributed by atoms with Gasteiger partial charge in [0.15, 0.2) is 0 Å². The van der Waals surface area contributed by atoms with Crippen LogP contribution in [-0.4, -0.2) is 12.3 Å². The minimum absolute atomic E-state index is 0.235. The molecule has 0 aromatic heterocycles. The summed E-state index contributed by atoms with van der Waals surface area (Å²) in [6.45, 7) is 6.93. The van der Waals surface area contributed by atoms with E-state index in [1.807, 2.05) is 0 Å². The minimum atomic E-state index is -0.235. The summed E-state index contributed by atoms with van der Waals surface area (Å²) < 4.78 is 0. The number of nitrogens with two attached hydrogens (primary N) is 1. The van der Waals surface area contributed by atoms with E-state index in [1.54, 1.807) is 0 Å². The Hall–Kier alpha value is -0.370. The molecule has 0 aliphatic heterocycles. The lowest BCUT2D eigenvalue weighted by Crippen LogP contribution is -2.37. The molecule has 0 saturated carbocycles. The first-order chi connectivity index (χ1) is 9.16. The first-order valence-electron chi connectivity index (χ1n) is 8.40. The van der Waals surface area contributed by atoms with Crippen LogP contribution in [0.2, 0.25) is 0 Å². The van der Waals surface area contributed by atoms with Gasteiger partial charge in [-0.25, -0.2) is 0 Å². The number of hydrogen-bond acceptors (Lipinski definition) is 2. The van der Waals surface area contributed by atoms with Gasteiger partial charge in [-0.1, -0.05) is 65.7 Å². The Morgan fingerprint density at radius 1 is 0.842 bits per heavy atom. The van der Waals surface area contributed by atoms with Gasteiger partial charge in [-0.05, 0) is 19.3 Å². The van der Waals surface area contributed by atoms with Crippen LogP contribution in [0.4, 0.5) is 0 Å². The van der Waals surface area contributed by atoms with Crippen molar-refractivity contribution in [3.8, 4) is 0 Å². The van der Waals surface area contributed by atoms with Crippen molar-refractivity contribution in [2.24, 2.45) is 11.1 Å². The molecule has 19 heavy (non-hydrogen) atoms. The van der Waals surface area contributed by atoms with E-state index >= 15 is 0 Å². The molecule has 0 fully saturated rings. The number of ketones is 1. The quantitative estimate of drug-likeness (QED) is 0.486. The van der Waals surface area contributed by atoms with E-state index < -0.39 is 0 Å². The largest absolute Gasteiger partial charge is 0.329 e. The fourth-order valence-corrected chi connectivity index (χ4v) is 2.73. The number of carbonyl (C=O) groups is 1. The Kier molecular flexibility index (Phi) is 11.2. The normalized spacial score (nSPS) is 11.8. The molecule has 0 heterocycles. The average molecular weight is 269 g/mol. The van der Waals surface area contributed by atoms with E-state index in [1.165, 1.54) is 44.9 Å². The Labute approximate surface area is 120 Å². The molecule has 0 aliphatic rings. The van der Waals surface area contributed by atoms with Crippen LogP contribution in [0, 0.1) is 5.41 Å². The van der Waals surface area contributed by atoms with E-state index in [9.17, 15) is 4.79 Å². The molecule has 0 atom stereocenters. The maximum absolute atomic E-state index is 12.3. The number of Topliss-reactive ketones (excluding diaryl/α,β-unsaturated/α-hetero) is 1. The van der Waals surface area contributed by atoms with Gasteiger partial charge in [0.2, 0.25) is 0 Å². The topological polar surface area (TPSA) is 43.1 Å². The monoisotopic (exact) mass is 269 g/mol. The number of carbonyl (C=O) groups excluding carboxylic acids is 1. The highest BCUT2D eigenvalue weighted by molar-refractivity contribution is 5.84. The summed E-state index contributed by atoms with van der Waals surface area (Å²) in [5, 5.41) is 0. The molecule has 0 aromatic carbocycles. The zero-order chi connectivity index (χ0) is 14.6. The van der Waals surface area contributed by atoms with Gasteiger partial charge in [0.1, 0.15) is 5.78 Å². The van der Waals surface area contributed by atoms with Crippen molar-refractivity contribution in [2.45, 2.75) is 91.4 Å².